The molecule has 0 heterocycles. The van der Waals surface area contributed by atoms with E-state index < -0.39 is 15.9 Å². The molecule has 0 spiro atoms. The summed E-state index contributed by atoms with van der Waals surface area (Å²) in [4.78, 5) is 12.5. The van der Waals surface area contributed by atoms with E-state index in [-0.39, 0.29) is 32.7 Å². The Balaban J connectivity index is 2.03. The Morgan fingerprint density at radius 1 is 0.935 bits per heavy atom. The third kappa shape index (κ3) is 5.05. The molecular formula is C22H17Cl3N2O3S. The van der Waals surface area contributed by atoms with Gasteiger partial charge in [-0.1, -0.05) is 65.1 Å². The molecule has 31 heavy (non-hydrogen) atoms. The van der Waals surface area contributed by atoms with Crippen LogP contribution in [-0.4, -0.2) is 20.9 Å². The van der Waals surface area contributed by atoms with E-state index in [2.05, 4.69) is 11.9 Å². The van der Waals surface area contributed by atoms with Gasteiger partial charge in [-0.25, -0.2) is 8.42 Å². The number of sulfonamides is 1. The summed E-state index contributed by atoms with van der Waals surface area (Å²) in [5.41, 5.74) is 0.768. The summed E-state index contributed by atoms with van der Waals surface area (Å²) in [6.45, 7) is 3.58. The van der Waals surface area contributed by atoms with Gasteiger partial charge in [0.25, 0.3) is 15.9 Å². The molecule has 0 atom stereocenters. The van der Waals surface area contributed by atoms with Crippen molar-refractivity contribution in [3.63, 3.8) is 0 Å². The first kappa shape index (κ1) is 23.2. The van der Waals surface area contributed by atoms with Crippen LogP contribution in [0.5, 0.6) is 0 Å². The average molecular weight is 496 g/mol. The molecule has 0 aliphatic carbocycles. The number of hydrogen-bond donors (Lipinski definition) is 1. The van der Waals surface area contributed by atoms with Crippen LogP contribution in [0.4, 0.5) is 11.4 Å². The van der Waals surface area contributed by atoms with Crippen molar-refractivity contribution in [2.45, 2.75) is 4.90 Å². The number of benzene rings is 3. The molecule has 0 unspecified atom stereocenters. The molecule has 3 aromatic carbocycles. The Bertz CT molecular complexity index is 1250. The molecule has 9 heteroatoms. The van der Waals surface area contributed by atoms with E-state index in [1.54, 1.807) is 48.5 Å². The quantitative estimate of drug-likeness (QED) is 0.392. The molecule has 0 saturated heterocycles. The van der Waals surface area contributed by atoms with E-state index in [9.17, 15) is 13.2 Å². The Morgan fingerprint density at radius 3 is 2.23 bits per heavy atom. The van der Waals surface area contributed by atoms with Crippen LogP contribution in [0.2, 0.25) is 15.1 Å². The molecule has 0 aromatic heterocycles. The van der Waals surface area contributed by atoms with Crippen molar-refractivity contribution in [1.82, 2.24) is 0 Å². The topological polar surface area (TPSA) is 66.5 Å². The van der Waals surface area contributed by atoms with E-state index in [0.29, 0.717) is 10.7 Å². The van der Waals surface area contributed by atoms with Gasteiger partial charge in [0.2, 0.25) is 0 Å². The first-order chi connectivity index (χ1) is 14.8. The summed E-state index contributed by atoms with van der Waals surface area (Å²) in [7, 11) is -4.17. The lowest BCUT2D eigenvalue weighted by Crippen LogP contribution is -2.32. The highest BCUT2D eigenvalue weighted by molar-refractivity contribution is 7.93. The molecule has 0 saturated carbocycles. The number of nitrogens with zero attached hydrogens (tertiary/aromatic N) is 1. The second-order valence-electron chi connectivity index (χ2n) is 6.36. The Morgan fingerprint density at radius 2 is 1.58 bits per heavy atom. The summed E-state index contributed by atoms with van der Waals surface area (Å²) in [5.74, 6) is -0.533. The summed E-state index contributed by atoms with van der Waals surface area (Å²) in [5, 5.41) is 3.23. The third-order valence-corrected chi connectivity index (χ3v) is 7.21. The van der Waals surface area contributed by atoms with Crippen molar-refractivity contribution in [3.05, 3.63) is 100 Å². The number of nitrogens with one attached hydrogen (secondary N) is 1. The first-order valence-electron chi connectivity index (χ1n) is 8.99. The summed E-state index contributed by atoms with van der Waals surface area (Å²) >= 11 is 18.5. The zero-order valence-corrected chi connectivity index (χ0v) is 19.1. The van der Waals surface area contributed by atoms with Crippen molar-refractivity contribution in [1.29, 1.82) is 0 Å². The SMILES string of the molecule is C=CCN(c1ccccc1Cl)S(=O)(=O)c1cc(C(=O)Nc2ccccc2Cl)ccc1Cl. The van der Waals surface area contributed by atoms with Crippen molar-refractivity contribution >= 4 is 62.1 Å². The van der Waals surface area contributed by atoms with Crippen molar-refractivity contribution < 1.29 is 13.2 Å². The Hall–Kier alpha value is -2.51. The molecule has 160 valence electrons. The van der Waals surface area contributed by atoms with Gasteiger partial charge in [0, 0.05) is 5.56 Å². The van der Waals surface area contributed by atoms with Crippen LogP contribution in [0.25, 0.3) is 0 Å². The molecule has 0 bridgehead atoms. The molecule has 3 rings (SSSR count). The maximum atomic E-state index is 13.5. The zero-order chi connectivity index (χ0) is 22.6. The summed E-state index contributed by atoms with van der Waals surface area (Å²) in [6.07, 6.45) is 1.43. The monoisotopic (exact) mass is 494 g/mol. The lowest BCUT2D eigenvalue weighted by atomic mass is 10.2. The number of amides is 1. The molecule has 5 nitrogen and oxygen atoms in total. The number of carbonyl (C=O) groups is 1. The van der Waals surface area contributed by atoms with Gasteiger partial charge in [-0.15, -0.1) is 6.58 Å². The molecule has 0 radical (unpaired) electrons. The third-order valence-electron chi connectivity index (χ3n) is 4.30. The van der Waals surface area contributed by atoms with Crippen molar-refractivity contribution in [3.8, 4) is 0 Å². The fourth-order valence-electron chi connectivity index (χ4n) is 2.82. The van der Waals surface area contributed by atoms with Gasteiger partial charge >= 0.3 is 0 Å². The van der Waals surface area contributed by atoms with E-state index >= 15 is 0 Å². The fraction of sp³-hybridized carbons (Fsp3) is 0.0455. The van der Waals surface area contributed by atoms with Crippen LogP contribution >= 0.6 is 34.8 Å². The second kappa shape index (κ2) is 9.75. The van der Waals surface area contributed by atoms with E-state index in [4.69, 9.17) is 34.8 Å². The molecule has 0 aliphatic rings. The smallest absolute Gasteiger partial charge is 0.266 e. The number of para-hydroxylation sites is 2. The summed E-state index contributed by atoms with van der Waals surface area (Å²) < 4.78 is 28.0. The van der Waals surface area contributed by atoms with Crippen LogP contribution in [0.1, 0.15) is 10.4 Å². The van der Waals surface area contributed by atoms with Crippen LogP contribution in [-0.2, 0) is 10.0 Å². The van der Waals surface area contributed by atoms with Crippen LogP contribution in [0.15, 0.2) is 84.3 Å². The minimum absolute atomic E-state index is 0.0320. The van der Waals surface area contributed by atoms with Gasteiger partial charge < -0.3 is 5.32 Å². The molecule has 0 fully saturated rings. The normalized spacial score (nSPS) is 11.1. The van der Waals surface area contributed by atoms with Gasteiger partial charge in [-0.2, -0.15) is 0 Å². The Kier molecular flexibility index (Phi) is 7.28. The van der Waals surface area contributed by atoms with Crippen molar-refractivity contribution in [2.24, 2.45) is 0 Å². The molecule has 1 amide bonds. The van der Waals surface area contributed by atoms with Gasteiger partial charge in [0.1, 0.15) is 4.90 Å². The van der Waals surface area contributed by atoms with Crippen LogP contribution < -0.4 is 9.62 Å². The predicted molar refractivity (Wildman–Crippen MR) is 127 cm³/mol. The molecule has 1 N–H and O–H groups in total. The molecular weight excluding hydrogens is 479 g/mol. The van der Waals surface area contributed by atoms with E-state index in [1.165, 1.54) is 24.3 Å². The highest BCUT2D eigenvalue weighted by Crippen LogP contribution is 2.33. The van der Waals surface area contributed by atoms with E-state index in [1.807, 2.05) is 0 Å². The van der Waals surface area contributed by atoms with Crippen LogP contribution in [0, 0.1) is 0 Å². The average Bonchev–Trinajstić information content (AvgIpc) is 2.74. The second-order valence-corrected chi connectivity index (χ2v) is 9.41. The Labute approximate surface area is 195 Å². The predicted octanol–water partition coefficient (Wildman–Crippen LogP) is 6.28. The highest BCUT2D eigenvalue weighted by atomic mass is 35.5. The zero-order valence-electron chi connectivity index (χ0n) is 16.1. The maximum Gasteiger partial charge on any atom is 0.266 e. The minimum Gasteiger partial charge on any atom is -0.321 e. The largest absolute Gasteiger partial charge is 0.321 e. The number of carbonyl (C=O) groups excluding carboxylic acids is 1. The standard InChI is InChI=1S/C22H17Cl3N2O3S/c1-2-13-27(20-10-6-4-8-17(20)24)31(29,30)21-14-15(11-12-18(21)25)22(28)26-19-9-5-3-7-16(19)23/h2-12,14H,1,13H2,(H,26,28). The molecule has 0 aliphatic heterocycles. The highest BCUT2D eigenvalue weighted by Gasteiger charge is 2.28. The number of anilines is 2. The van der Waals surface area contributed by atoms with Gasteiger partial charge in [-0.05, 0) is 42.5 Å². The van der Waals surface area contributed by atoms with Crippen LogP contribution in [0.3, 0.4) is 0 Å². The lowest BCUT2D eigenvalue weighted by molar-refractivity contribution is 0.102. The van der Waals surface area contributed by atoms with E-state index in [0.717, 1.165) is 4.31 Å². The van der Waals surface area contributed by atoms with Gasteiger partial charge in [-0.3, -0.25) is 9.10 Å². The lowest BCUT2D eigenvalue weighted by Gasteiger charge is -2.24. The number of halogens is 3. The van der Waals surface area contributed by atoms with Crippen molar-refractivity contribution in [2.75, 3.05) is 16.2 Å². The molecule has 3 aromatic rings. The fourth-order valence-corrected chi connectivity index (χ4v) is 5.24. The van der Waals surface area contributed by atoms with Gasteiger partial charge in [0.15, 0.2) is 0 Å². The number of rotatable bonds is 7. The number of hydrogen-bond acceptors (Lipinski definition) is 3. The minimum atomic E-state index is -4.17. The first-order valence-corrected chi connectivity index (χ1v) is 11.6. The summed E-state index contributed by atoms with van der Waals surface area (Å²) in [6, 6.07) is 17.2. The maximum absolute atomic E-state index is 13.5. The van der Waals surface area contributed by atoms with Gasteiger partial charge in [0.05, 0.1) is 33.0 Å².